The summed E-state index contributed by atoms with van der Waals surface area (Å²) in [6, 6.07) is 10.6. The van der Waals surface area contributed by atoms with Gasteiger partial charge in [0.2, 0.25) is 0 Å². The van der Waals surface area contributed by atoms with Crippen molar-refractivity contribution < 1.29 is 13.2 Å². The molecule has 0 saturated heterocycles. The van der Waals surface area contributed by atoms with Gasteiger partial charge in [0.1, 0.15) is 0 Å². The van der Waals surface area contributed by atoms with Crippen molar-refractivity contribution in [3.05, 3.63) is 76.9 Å². The molecule has 2 aromatic rings. The summed E-state index contributed by atoms with van der Waals surface area (Å²) in [5.41, 5.74) is 9.06. The molecule has 0 unspecified atom stereocenters. The topological polar surface area (TPSA) is 49.9 Å². The summed E-state index contributed by atoms with van der Waals surface area (Å²) in [5, 5.41) is 7.46. The maximum absolute atomic E-state index is 13.0. The minimum Gasteiger partial charge on any atom is -0.398 e. The van der Waals surface area contributed by atoms with Crippen LogP contribution in [-0.4, -0.2) is 6.21 Å². The van der Waals surface area contributed by atoms with Crippen LogP contribution >= 0.6 is 0 Å². The molecule has 0 aromatic heterocycles. The summed E-state index contributed by atoms with van der Waals surface area (Å²) in [4.78, 5) is 0. The van der Waals surface area contributed by atoms with E-state index in [1.165, 1.54) is 25.1 Å². The summed E-state index contributed by atoms with van der Waals surface area (Å²) in [5.74, 6) is 0. The Morgan fingerprint density at radius 3 is 2.20 bits per heavy atom. The molecule has 2 rings (SSSR count). The van der Waals surface area contributed by atoms with Crippen LogP contribution < -0.4 is 5.73 Å². The van der Waals surface area contributed by atoms with Gasteiger partial charge in [-0.15, -0.1) is 0 Å². The Morgan fingerprint density at radius 1 is 1.00 bits per heavy atom. The van der Waals surface area contributed by atoms with Crippen LogP contribution in [-0.2, 0) is 6.18 Å². The van der Waals surface area contributed by atoms with Crippen molar-refractivity contribution in [3.8, 4) is 0 Å². The van der Waals surface area contributed by atoms with Crippen LogP contribution in [0.25, 0.3) is 11.1 Å². The number of hydrogen-bond donors (Lipinski definition) is 2. The molecule has 0 spiro atoms. The highest BCUT2D eigenvalue weighted by Gasteiger charge is 2.30. The Morgan fingerprint density at radius 2 is 1.67 bits per heavy atom. The van der Waals surface area contributed by atoms with E-state index in [9.17, 15) is 13.2 Å². The quantitative estimate of drug-likeness (QED) is 0.213. The van der Waals surface area contributed by atoms with Crippen molar-refractivity contribution in [1.82, 2.24) is 0 Å². The lowest BCUT2D eigenvalue weighted by Crippen LogP contribution is -2.05. The van der Waals surface area contributed by atoms with Gasteiger partial charge in [0.25, 0.3) is 0 Å². The first kappa shape index (κ1) is 25.2. The molecule has 162 valence electrons. The van der Waals surface area contributed by atoms with Gasteiger partial charge >= 0.3 is 6.18 Å². The van der Waals surface area contributed by atoms with Gasteiger partial charge in [0, 0.05) is 17.5 Å². The second-order valence-electron chi connectivity index (χ2n) is 6.92. The number of hydrogen-bond acceptors (Lipinski definition) is 2. The standard InChI is InChI=1S/C21H21F3N2.C4H10/c1-3-4-8-19(16-9-10-20(26)17(11-16)13-25)14(2)15-6-5-7-18(12-15)21(22,23)24;1-3-4-2/h4-13,25H,3,26H2,1-2H3;3-4H2,1-2H3/b8-4-,19-14-,25-13?;. The zero-order valence-electron chi connectivity index (χ0n) is 18.1. The third kappa shape index (κ3) is 7.21. The van der Waals surface area contributed by atoms with Crippen LogP contribution in [0.4, 0.5) is 18.9 Å². The molecule has 0 aliphatic heterocycles. The maximum Gasteiger partial charge on any atom is 0.416 e. The average molecular weight is 417 g/mol. The van der Waals surface area contributed by atoms with E-state index in [-0.39, 0.29) is 0 Å². The highest BCUT2D eigenvalue weighted by atomic mass is 19.4. The Labute approximate surface area is 177 Å². The van der Waals surface area contributed by atoms with Crippen molar-refractivity contribution in [2.45, 2.75) is 53.1 Å². The summed E-state index contributed by atoms with van der Waals surface area (Å²) >= 11 is 0. The minimum atomic E-state index is -4.38. The predicted octanol–water partition coefficient (Wildman–Crippen LogP) is 7.99. The van der Waals surface area contributed by atoms with E-state index in [0.29, 0.717) is 16.8 Å². The Balaban J connectivity index is 0.00000103. The Bertz CT molecular complexity index is 892. The van der Waals surface area contributed by atoms with Crippen molar-refractivity contribution in [1.29, 1.82) is 5.41 Å². The van der Waals surface area contributed by atoms with Crippen LogP contribution in [0.2, 0.25) is 0 Å². The number of allylic oxidation sites excluding steroid dienone is 4. The number of anilines is 1. The molecule has 2 nitrogen and oxygen atoms in total. The first-order valence-corrected chi connectivity index (χ1v) is 10.1. The molecular formula is C25H31F3N2. The van der Waals surface area contributed by atoms with E-state index < -0.39 is 11.7 Å². The fourth-order valence-corrected chi connectivity index (χ4v) is 2.63. The van der Waals surface area contributed by atoms with E-state index >= 15 is 0 Å². The van der Waals surface area contributed by atoms with Gasteiger partial charge in [-0.2, -0.15) is 13.2 Å². The molecule has 0 radical (unpaired) electrons. The van der Waals surface area contributed by atoms with Crippen LogP contribution in [0.15, 0.2) is 54.6 Å². The van der Waals surface area contributed by atoms with Crippen molar-refractivity contribution >= 4 is 23.0 Å². The number of rotatable bonds is 6. The normalized spacial score (nSPS) is 12.2. The minimum absolute atomic E-state index is 0.485. The lowest BCUT2D eigenvalue weighted by atomic mass is 9.93. The molecule has 0 aliphatic carbocycles. The van der Waals surface area contributed by atoms with Gasteiger partial charge < -0.3 is 11.1 Å². The number of nitrogen functional groups attached to an aromatic ring is 1. The third-order valence-electron chi connectivity index (χ3n) is 4.60. The number of halogens is 3. The first-order valence-electron chi connectivity index (χ1n) is 10.1. The van der Waals surface area contributed by atoms with Crippen LogP contribution in [0.1, 0.15) is 69.2 Å². The van der Waals surface area contributed by atoms with Crippen LogP contribution in [0.5, 0.6) is 0 Å². The summed E-state index contributed by atoms with van der Waals surface area (Å²) in [6.07, 6.45) is 4.07. The van der Waals surface area contributed by atoms with E-state index in [0.717, 1.165) is 35.3 Å². The van der Waals surface area contributed by atoms with Gasteiger partial charge in [-0.1, -0.05) is 64.0 Å². The summed E-state index contributed by atoms with van der Waals surface area (Å²) < 4.78 is 39.1. The number of nitrogens with two attached hydrogens (primary N) is 1. The molecule has 0 bridgehead atoms. The monoisotopic (exact) mass is 416 g/mol. The number of benzene rings is 2. The predicted molar refractivity (Wildman–Crippen MR) is 123 cm³/mol. The van der Waals surface area contributed by atoms with E-state index in [1.807, 2.05) is 25.1 Å². The molecule has 0 amide bonds. The highest BCUT2D eigenvalue weighted by molar-refractivity contribution is 5.97. The molecule has 0 saturated carbocycles. The first-order chi connectivity index (χ1) is 14.2. The number of unbranched alkanes of at least 4 members (excludes halogenated alkanes) is 1. The van der Waals surface area contributed by atoms with Crippen molar-refractivity contribution in [3.63, 3.8) is 0 Å². The molecule has 30 heavy (non-hydrogen) atoms. The number of alkyl halides is 3. The smallest absolute Gasteiger partial charge is 0.398 e. The molecule has 0 heterocycles. The maximum atomic E-state index is 13.0. The van der Waals surface area contributed by atoms with Gasteiger partial charge in [-0.05, 0) is 59.9 Å². The lowest BCUT2D eigenvalue weighted by Gasteiger charge is -2.13. The van der Waals surface area contributed by atoms with Gasteiger partial charge in [-0.3, -0.25) is 0 Å². The summed E-state index contributed by atoms with van der Waals surface area (Å²) in [7, 11) is 0. The van der Waals surface area contributed by atoms with Gasteiger partial charge in [0.15, 0.2) is 0 Å². The zero-order valence-corrected chi connectivity index (χ0v) is 18.1. The fraction of sp³-hybridized carbons (Fsp3) is 0.320. The van der Waals surface area contributed by atoms with E-state index in [2.05, 4.69) is 13.8 Å². The largest absolute Gasteiger partial charge is 0.416 e. The number of nitrogens with one attached hydrogen (secondary N) is 1. The Kier molecular flexibility index (Phi) is 10.1. The molecule has 3 N–H and O–H groups in total. The molecule has 2 aromatic carbocycles. The second kappa shape index (κ2) is 12.0. The second-order valence-corrected chi connectivity index (χ2v) is 6.92. The van der Waals surface area contributed by atoms with E-state index in [1.54, 1.807) is 25.1 Å². The van der Waals surface area contributed by atoms with Crippen LogP contribution in [0, 0.1) is 5.41 Å². The Hall–Kier alpha value is -2.82. The third-order valence-corrected chi connectivity index (χ3v) is 4.60. The van der Waals surface area contributed by atoms with Gasteiger partial charge in [-0.25, -0.2) is 0 Å². The SMILES string of the molecule is CC/C=C\C(=C(/C)c1cccc(C(F)(F)F)c1)c1ccc(N)c(C=N)c1.CCCC. The average Bonchev–Trinajstić information content (AvgIpc) is 2.74. The molecular weight excluding hydrogens is 385 g/mol. The lowest BCUT2D eigenvalue weighted by molar-refractivity contribution is -0.137. The molecule has 0 atom stereocenters. The molecule has 0 aliphatic rings. The zero-order chi connectivity index (χ0) is 22.7. The fourth-order valence-electron chi connectivity index (χ4n) is 2.63. The summed E-state index contributed by atoms with van der Waals surface area (Å²) in [6.45, 7) is 8.14. The van der Waals surface area contributed by atoms with Crippen LogP contribution in [0.3, 0.4) is 0 Å². The highest BCUT2D eigenvalue weighted by Crippen LogP contribution is 2.34. The molecule has 5 heteroatoms. The van der Waals surface area contributed by atoms with Crippen molar-refractivity contribution in [2.24, 2.45) is 0 Å². The van der Waals surface area contributed by atoms with E-state index in [4.69, 9.17) is 11.1 Å². The van der Waals surface area contributed by atoms with Gasteiger partial charge in [0.05, 0.1) is 5.56 Å². The molecule has 0 fully saturated rings. The van der Waals surface area contributed by atoms with Crippen molar-refractivity contribution in [2.75, 3.05) is 5.73 Å².